The third kappa shape index (κ3) is 4.11. The highest BCUT2D eigenvalue weighted by molar-refractivity contribution is 5.94. The molecule has 5 nitrogen and oxygen atoms in total. The second-order valence-electron chi connectivity index (χ2n) is 9.44. The van der Waals surface area contributed by atoms with E-state index in [9.17, 15) is 4.79 Å². The number of fused-ring (bicyclic) bond motifs is 1. The fourth-order valence-electron chi connectivity index (χ4n) is 5.47. The number of aromatic nitrogens is 2. The highest BCUT2D eigenvalue weighted by atomic mass is 16.2. The maximum absolute atomic E-state index is 13.2. The largest absolute Gasteiger partial charge is 0.339 e. The molecule has 1 aromatic carbocycles. The Morgan fingerprint density at radius 1 is 1.03 bits per heavy atom. The van der Waals surface area contributed by atoms with Crippen LogP contribution in [0, 0.1) is 25.7 Å². The first-order valence-corrected chi connectivity index (χ1v) is 10.9. The Labute approximate surface area is 174 Å². The summed E-state index contributed by atoms with van der Waals surface area (Å²) in [7, 11) is 6.38. The lowest BCUT2D eigenvalue weighted by Gasteiger charge is -2.27. The van der Waals surface area contributed by atoms with Crippen LogP contribution in [0.15, 0.2) is 30.3 Å². The van der Waals surface area contributed by atoms with Crippen molar-refractivity contribution in [3.05, 3.63) is 52.8 Å². The van der Waals surface area contributed by atoms with Crippen molar-refractivity contribution < 1.29 is 4.79 Å². The maximum atomic E-state index is 13.2. The van der Waals surface area contributed by atoms with Gasteiger partial charge in [-0.3, -0.25) is 9.48 Å². The monoisotopic (exact) mass is 394 g/mol. The minimum absolute atomic E-state index is 0.148. The summed E-state index contributed by atoms with van der Waals surface area (Å²) in [5, 5.41) is 4.55. The SMILES string of the molecule is Cc1cc(C)n(Cc2cccc(C(=O)N(C)C3C[C@H]4CC(N(C)C)C[C@H]4C3)c2)n1. The molecule has 0 N–H and O–H groups in total. The van der Waals surface area contributed by atoms with Gasteiger partial charge in [-0.1, -0.05) is 12.1 Å². The van der Waals surface area contributed by atoms with Crippen molar-refractivity contribution in [2.24, 2.45) is 11.8 Å². The van der Waals surface area contributed by atoms with Crippen molar-refractivity contribution in [1.82, 2.24) is 19.6 Å². The zero-order chi connectivity index (χ0) is 20.7. The van der Waals surface area contributed by atoms with Crippen molar-refractivity contribution in [2.75, 3.05) is 21.1 Å². The number of benzene rings is 1. The molecule has 2 unspecified atom stereocenters. The van der Waals surface area contributed by atoms with Gasteiger partial charge < -0.3 is 9.80 Å². The molecule has 2 aliphatic rings. The molecule has 4 rings (SSSR count). The van der Waals surface area contributed by atoms with E-state index in [0.29, 0.717) is 12.6 Å². The molecule has 2 aromatic rings. The van der Waals surface area contributed by atoms with Crippen molar-refractivity contribution in [1.29, 1.82) is 0 Å². The summed E-state index contributed by atoms with van der Waals surface area (Å²) in [6.45, 7) is 4.78. The van der Waals surface area contributed by atoms with E-state index < -0.39 is 0 Å². The molecule has 4 atom stereocenters. The van der Waals surface area contributed by atoms with E-state index in [4.69, 9.17) is 0 Å². The van der Waals surface area contributed by atoms with E-state index in [2.05, 4.69) is 43.2 Å². The average Bonchev–Trinajstić information content (AvgIpc) is 3.34. The number of carbonyl (C=O) groups excluding carboxylic acids is 1. The molecule has 156 valence electrons. The molecule has 1 amide bonds. The van der Waals surface area contributed by atoms with Gasteiger partial charge in [0.05, 0.1) is 12.2 Å². The second-order valence-corrected chi connectivity index (χ2v) is 9.44. The van der Waals surface area contributed by atoms with Crippen LogP contribution in [0.25, 0.3) is 0 Å². The Morgan fingerprint density at radius 3 is 2.28 bits per heavy atom. The summed E-state index contributed by atoms with van der Waals surface area (Å²) in [5.41, 5.74) is 4.07. The Morgan fingerprint density at radius 2 is 1.69 bits per heavy atom. The van der Waals surface area contributed by atoms with Gasteiger partial charge in [-0.25, -0.2) is 0 Å². The molecular weight excluding hydrogens is 360 g/mol. The van der Waals surface area contributed by atoms with Crippen LogP contribution < -0.4 is 0 Å². The fraction of sp³-hybridized carbons (Fsp3) is 0.583. The van der Waals surface area contributed by atoms with Gasteiger partial charge in [0, 0.05) is 30.4 Å². The standard InChI is InChI=1S/C24H34N4O/c1-16-9-17(2)28(25-16)15-18-7-6-8-19(10-18)24(29)27(5)23-13-20-11-22(26(3)4)12-21(20)14-23/h6-10,20-23H,11-15H2,1-5H3/t20-,21+,22?,23?. The zero-order valence-electron chi connectivity index (χ0n) is 18.4. The van der Waals surface area contributed by atoms with Gasteiger partial charge in [-0.05, 0) is 89.2 Å². The molecule has 0 aliphatic heterocycles. The van der Waals surface area contributed by atoms with Gasteiger partial charge in [0.15, 0.2) is 0 Å². The normalized spacial score (nSPS) is 26.1. The van der Waals surface area contributed by atoms with Crippen LogP contribution in [-0.2, 0) is 6.54 Å². The lowest BCUT2D eigenvalue weighted by Crippen LogP contribution is -2.36. The molecule has 0 saturated heterocycles. The van der Waals surface area contributed by atoms with Crippen molar-refractivity contribution in [3.8, 4) is 0 Å². The highest BCUT2D eigenvalue weighted by Gasteiger charge is 2.44. The van der Waals surface area contributed by atoms with Crippen molar-refractivity contribution in [2.45, 2.75) is 58.2 Å². The van der Waals surface area contributed by atoms with Crippen LogP contribution in [0.5, 0.6) is 0 Å². The lowest BCUT2D eigenvalue weighted by atomic mass is 10.0. The highest BCUT2D eigenvalue weighted by Crippen LogP contribution is 2.46. The van der Waals surface area contributed by atoms with Gasteiger partial charge in [-0.2, -0.15) is 5.10 Å². The summed E-state index contributed by atoms with van der Waals surface area (Å²) in [4.78, 5) is 17.6. The predicted octanol–water partition coefficient (Wildman–Crippen LogP) is 3.74. The average molecular weight is 395 g/mol. The molecule has 0 bridgehead atoms. The molecule has 2 saturated carbocycles. The third-order valence-corrected chi connectivity index (χ3v) is 7.17. The van der Waals surface area contributed by atoms with Crippen molar-refractivity contribution >= 4 is 5.91 Å². The summed E-state index contributed by atoms with van der Waals surface area (Å²) in [6.07, 6.45) is 4.88. The van der Waals surface area contributed by atoms with E-state index >= 15 is 0 Å². The van der Waals surface area contributed by atoms with E-state index in [1.54, 1.807) is 0 Å². The number of amides is 1. The number of aryl methyl sites for hydroxylation is 2. The van der Waals surface area contributed by atoms with Crippen LogP contribution >= 0.6 is 0 Å². The second kappa shape index (κ2) is 7.94. The van der Waals surface area contributed by atoms with E-state index in [0.717, 1.165) is 53.2 Å². The Kier molecular flexibility index (Phi) is 5.52. The Bertz CT molecular complexity index is 873. The predicted molar refractivity (Wildman–Crippen MR) is 116 cm³/mol. The Balaban J connectivity index is 1.41. The van der Waals surface area contributed by atoms with Crippen LogP contribution in [0.2, 0.25) is 0 Å². The van der Waals surface area contributed by atoms with Gasteiger partial charge in [-0.15, -0.1) is 0 Å². The summed E-state index contributed by atoms with van der Waals surface area (Å²) in [5.74, 6) is 1.70. The Hall–Kier alpha value is -2.14. The fourth-order valence-corrected chi connectivity index (χ4v) is 5.47. The molecule has 0 radical (unpaired) electrons. The maximum Gasteiger partial charge on any atom is 0.253 e. The summed E-state index contributed by atoms with van der Waals surface area (Å²) in [6, 6.07) is 11.2. The number of hydrogen-bond acceptors (Lipinski definition) is 3. The number of nitrogens with zero attached hydrogens (tertiary/aromatic N) is 4. The summed E-state index contributed by atoms with van der Waals surface area (Å²) >= 11 is 0. The first-order valence-electron chi connectivity index (χ1n) is 10.9. The summed E-state index contributed by atoms with van der Waals surface area (Å²) < 4.78 is 2.00. The molecule has 1 aromatic heterocycles. The van der Waals surface area contributed by atoms with Crippen LogP contribution in [-0.4, -0.2) is 58.7 Å². The molecule has 5 heteroatoms. The van der Waals surface area contributed by atoms with Crippen molar-refractivity contribution in [3.63, 3.8) is 0 Å². The third-order valence-electron chi connectivity index (χ3n) is 7.17. The smallest absolute Gasteiger partial charge is 0.253 e. The molecule has 0 spiro atoms. The molecular formula is C24H34N4O. The van der Waals surface area contributed by atoms with E-state index in [1.165, 1.54) is 12.8 Å². The van der Waals surface area contributed by atoms with Gasteiger partial charge in [0.25, 0.3) is 5.91 Å². The van der Waals surface area contributed by atoms with Gasteiger partial charge in [0.2, 0.25) is 0 Å². The topological polar surface area (TPSA) is 41.4 Å². The zero-order valence-corrected chi connectivity index (χ0v) is 18.4. The molecule has 1 heterocycles. The molecule has 29 heavy (non-hydrogen) atoms. The number of carbonyl (C=O) groups is 1. The quantitative estimate of drug-likeness (QED) is 0.776. The van der Waals surface area contributed by atoms with E-state index in [-0.39, 0.29) is 5.91 Å². The van der Waals surface area contributed by atoms with E-state index in [1.807, 2.05) is 41.8 Å². The van der Waals surface area contributed by atoms with Crippen LogP contribution in [0.3, 0.4) is 0 Å². The van der Waals surface area contributed by atoms with Gasteiger partial charge in [0.1, 0.15) is 0 Å². The lowest BCUT2D eigenvalue weighted by molar-refractivity contribution is 0.0726. The van der Waals surface area contributed by atoms with Crippen LogP contribution in [0.4, 0.5) is 0 Å². The number of rotatable bonds is 5. The first-order chi connectivity index (χ1) is 13.8. The van der Waals surface area contributed by atoms with Gasteiger partial charge >= 0.3 is 0 Å². The minimum atomic E-state index is 0.148. The first kappa shape index (κ1) is 20.1. The molecule has 2 fully saturated rings. The molecule has 2 aliphatic carbocycles. The number of hydrogen-bond donors (Lipinski definition) is 0. The van der Waals surface area contributed by atoms with Crippen LogP contribution in [0.1, 0.15) is 53.0 Å². The minimum Gasteiger partial charge on any atom is -0.339 e.